The van der Waals surface area contributed by atoms with Crippen molar-refractivity contribution >= 4 is 12.0 Å². The first-order chi connectivity index (χ1) is 10.0. The average Bonchev–Trinajstić information content (AvgIpc) is 2.39. The number of urea groups is 1. The maximum atomic E-state index is 11.7. The Kier molecular flexibility index (Phi) is 5.48. The summed E-state index contributed by atoms with van der Waals surface area (Å²) in [6.07, 6.45) is 8.46. The first-order valence-corrected chi connectivity index (χ1v) is 8.27. The Morgan fingerprint density at radius 1 is 1.14 bits per heavy atom. The summed E-state index contributed by atoms with van der Waals surface area (Å²) >= 11 is 0. The Bertz CT molecular complexity index is 372. The predicted octanol–water partition coefficient (Wildman–Crippen LogP) is 2.76. The quantitative estimate of drug-likeness (QED) is 0.705. The van der Waals surface area contributed by atoms with Crippen molar-refractivity contribution in [2.75, 3.05) is 13.1 Å². The van der Waals surface area contributed by atoms with Gasteiger partial charge in [-0.1, -0.05) is 39.0 Å². The molecular weight excluding hydrogens is 268 g/mol. The molecular formula is C16H28N2O3. The van der Waals surface area contributed by atoms with Crippen LogP contribution in [0.25, 0.3) is 0 Å². The van der Waals surface area contributed by atoms with Gasteiger partial charge in [0.05, 0.1) is 5.41 Å². The highest BCUT2D eigenvalue weighted by Gasteiger charge is 2.44. The first-order valence-electron chi connectivity index (χ1n) is 8.27. The van der Waals surface area contributed by atoms with Crippen molar-refractivity contribution in [2.24, 2.45) is 17.3 Å². The molecule has 0 aromatic carbocycles. The monoisotopic (exact) mass is 296 g/mol. The van der Waals surface area contributed by atoms with Gasteiger partial charge in [0.15, 0.2) is 0 Å². The average molecular weight is 296 g/mol. The van der Waals surface area contributed by atoms with Crippen molar-refractivity contribution in [3.05, 3.63) is 0 Å². The fraction of sp³-hybridized carbons (Fsp3) is 0.875. The number of hydrogen-bond acceptors (Lipinski definition) is 2. The van der Waals surface area contributed by atoms with Gasteiger partial charge in [0, 0.05) is 13.1 Å². The molecule has 0 bridgehead atoms. The van der Waals surface area contributed by atoms with Crippen LogP contribution in [-0.4, -0.2) is 30.2 Å². The maximum Gasteiger partial charge on any atom is 0.314 e. The molecule has 0 unspecified atom stereocenters. The van der Waals surface area contributed by atoms with Crippen molar-refractivity contribution in [3.8, 4) is 0 Å². The number of rotatable bonds is 6. The minimum atomic E-state index is -0.787. The van der Waals surface area contributed by atoms with Crippen molar-refractivity contribution in [3.63, 3.8) is 0 Å². The summed E-state index contributed by atoms with van der Waals surface area (Å²) in [4.78, 5) is 22.9. The molecule has 2 aliphatic carbocycles. The Morgan fingerprint density at radius 3 is 2.33 bits per heavy atom. The summed E-state index contributed by atoms with van der Waals surface area (Å²) in [5, 5.41) is 14.8. The highest BCUT2D eigenvalue weighted by Crippen LogP contribution is 2.40. The third-order valence-electron chi connectivity index (χ3n) is 5.33. The van der Waals surface area contributed by atoms with Gasteiger partial charge in [-0.15, -0.1) is 0 Å². The molecule has 2 amide bonds. The summed E-state index contributed by atoms with van der Waals surface area (Å²) in [6, 6.07) is -0.230. The van der Waals surface area contributed by atoms with E-state index in [0.29, 0.717) is 19.4 Å². The third-order valence-corrected chi connectivity index (χ3v) is 5.33. The molecule has 120 valence electrons. The molecule has 0 heterocycles. The van der Waals surface area contributed by atoms with E-state index in [1.165, 1.54) is 25.7 Å². The number of nitrogens with one attached hydrogen (secondary N) is 2. The van der Waals surface area contributed by atoms with E-state index in [4.69, 9.17) is 0 Å². The zero-order valence-electron chi connectivity index (χ0n) is 13.0. The summed E-state index contributed by atoms with van der Waals surface area (Å²) in [5.41, 5.74) is -0.711. The van der Waals surface area contributed by atoms with E-state index >= 15 is 0 Å². The normalized spacial score (nSPS) is 27.5. The molecule has 0 aromatic heterocycles. The molecule has 2 fully saturated rings. The highest BCUT2D eigenvalue weighted by molar-refractivity contribution is 5.78. The van der Waals surface area contributed by atoms with E-state index in [-0.39, 0.29) is 12.6 Å². The van der Waals surface area contributed by atoms with Crippen molar-refractivity contribution in [1.82, 2.24) is 10.6 Å². The zero-order valence-corrected chi connectivity index (χ0v) is 13.0. The van der Waals surface area contributed by atoms with Gasteiger partial charge < -0.3 is 15.7 Å². The third kappa shape index (κ3) is 4.35. The van der Waals surface area contributed by atoms with Gasteiger partial charge in [-0.3, -0.25) is 4.79 Å². The number of hydrogen-bond donors (Lipinski definition) is 3. The lowest BCUT2D eigenvalue weighted by molar-refractivity contribution is -0.153. The fourth-order valence-corrected chi connectivity index (χ4v) is 3.39. The van der Waals surface area contributed by atoms with Gasteiger partial charge in [0.25, 0.3) is 0 Å². The molecule has 0 aromatic rings. The van der Waals surface area contributed by atoms with Gasteiger partial charge in [0.1, 0.15) is 0 Å². The molecule has 5 nitrogen and oxygen atoms in total. The number of carbonyl (C=O) groups excluding carboxylic acids is 1. The number of carboxylic acid groups (broad SMARTS) is 1. The smallest absolute Gasteiger partial charge is 0.314 e. The molecule has 2 saturated carbocycles. The molecule has 0 spiro atoms. The molecule has 2 rings (SSSR count). The number of carbonyl (C=O) groups is 2. The molecule has 5 heteroatoms. The van der Waals surface area contributed by atoms with Gasteiger partial charge in [-0.05, 0) is 31.1 Å². The van der Waals surface area contributed by atoms with Crippen molar-refractivity contribution < 1.29 is 14.7 Å². The molecule has 0 radical (unpaired) electrons. The van der Waals surface area contributed by atoms with E-state index in [1.54, 1.807) is 0 Å². The molecule has 2 aliphatic rings. The van der Waals surface area contributed by atoms with Crippen LogP contribution >= 0.6 is 0 Å². The number of carboxylic acids is 1. The lowest BCUT2D eigenvalue weighted by Crippen LogP contribution is -2.49. The fourth-order valence-electron chi connectivity index (χ4n) is 3.39. The summed E-state index contributed by atoms with van der Waals surface area (Å²) in [6.45, 7) is 3.24. The topological polar surface area (TPSA) is 78.4 Å². The van der Waals surface area contributed by atoms with E-state index in [0.717, 1.165) is 24.7 Å². The Hall–Kier alpha value is -1.26. The van der Waals surface area contributed by atoms with E-state index in [9.17, 15) is 14.7 Å². The SMILES string of the molecule is CC1CCC(CCNC(=O)NCC2(C(=O)O)CCC2)CC1. The predicted molar refractivity (Wildman–Crippen MR) is 81.1 cm³/mol. The molecule has 0 aliphatic heterocycles. The van der Waals surface area contributed by atoms with Crippen LogP contribution in [0.2, 0.25) is 0 Å². The van der Waals surface area contributed by atoms with Crippen LogP contribution in [0.1, 0.15) is 58.3 Å². The summed E-state index contributed by atoms with van der Waals surface area (Å²) in [7, 11) is 0. The van der Waals surface area contributed by atoms with Crippen LogP contribution in [0.5, 0.6) is 0 Å². The molecule has 0 atom stereocenters. The van der Waals surface area contributed by atoms with Crippen LogP contribution in [-0.2, 0) is 4.79 Å². The van der Waals surface area contributed by atoms with Gasteiger partial charge in [-0.2, -0.15) is 0 Å². The van der Waals surface area contributed by atoms with Gasteiger partial charge >= 0.3 is 12.0 Å². The molecule has 21 heavy (non-hydrogen) atoms. The lowest BCUT2D eigenvalue weighted by atomic mass is 9.69. The van der Waals surface area contributed by atoms with E-state index in [1.807, 2.05) is 0 Å². The zero-order chi connectivity index (χ0) is 15.3. The van der Waals surface area contributed by atoms with Crippen LogP contribution in [0.15, 0.2) is 0 Å². The van der Waals surface area contributed by atoms with Crippen LogP contribution < -0.4 is 10.6 Å². The first kappa shape index (κ1) is 16.1. The highest BCUT2D eigenvalue weighted by atomic mass is 16.4. The maximum absolute atomic E-state index is 11.7. The second kappa shape index (κ2) is 7.14. The van der Waals surface area contributed by atoms with Gasteiger partial charge in [0.2, 0.25) is 0 Å². The Balaban J connectivity index is 1.58. The van der Waals surface area contributed by atoms with Crippen LogP contribution in [0, 0.1) is 17.3 Å². The minimum Gasteiger partial charge on any atom is -0.481 e. The van der Waals surface area contributed by atoms with Gasteiger partial charge in [-0.25, -0.2) is 4.79 Å². The standard InChI is InChI=1S/C16H28N2O3/c1-12-3-5-13(6-4-12)7-10-17-15(21)18-11-16(14(19)20)8-2-9-16/h12-13H,2-11H2,1H3,(H,19,20)(H2,17,18,21). The molecule has 3 N–H and O–H groups in total. The summed E-state index contributed by atoms with van der Waals surface area (Å²) < 4.78 is 0. The van der Waals surface area contributed by atoms with Crippen molar-refractivity contribution in [2.45, 2.75) is 58.3 Å². The largest absolute Gasteiger partial charge is 0.481 e. The summed E-state index contributed by atoms with van der Waals surface area (Å²) in [5.74, 6) is 0.802. The van der Waals surface area contributed by atoms with Crippen LogP contribution in [0.3, 0.4) is 0 Å². The lowest BCUT2D eigenvalue weighted by Gasteiger charge is -2.37. The number of amides is 2. The van der Waals surface area contributed by atoms with E-state index in [2.05, 4.69) is 17.6 Å². The number of aliphatic carboxylic acids is 1. The second-order valence-electron chi connectivity index (χ2n) is 6.96. The van der Waals surface area contributed by atoms with Crippen LogP contribution in [0.4, 0.5) is 4.79 Å². The Labute approximate surface area is 126 Å². The van der Waals surface area contributed by atoms with E-state index < -0.39 is 11.4 Å². The van der Waals surface area contributed by atoms with Crippen molar-refractivity contribution in [1.29, 1.82) is 0 Å². The Morgan fingerprint density at radius 2 is 1.81 bits per heavy atom. The minimum absolute atomic E-state index is 0.230. The molecule has 0 saturated heterocycles. The second-order valence-corrected chi connectivity index (χ2v) is 6.96.